The van der Waals surface area contributed by atoms with Crippen molar-refractivity contribution in [1.29, 1.82) is 0 Å². The average Bonchev–Trinajstić information content (AvgIpc) is 3.52. The van der Waals surface area contributed by atoms with Crippen molar-refractivity contribution in [2.24, 2.45) is 0 Å². The second kappa shape index (κ2) is 13.0. The molecule has 6 heteroatoms. The normalized spacial score (nSPS) is 12.4. The van der Waals surface area contributed by atoms with Gasteiger partial charge in [-0.3, -0.25) is 4.98 Å². The monoisotopic (exact) mass is 605 g/mol. The van der Waals surface area contributed by atoms with Gasteiger partial charge >= 0.3 is 0 Å². The third-order valence-corrected chi connectivity index (χ3v) is 8.30. The standard InChI is InChI=1S/C39H31N3O2S/c1-41-20-21-42(28-41)32-25-36(27-38(26-32)45-37-16-6-3-7-17-37)44-35-15-9-11-31(23-35)39-24-30(18-19-40-39)29-10-8-14-34(22-29)43-33-12-4-2-5-13-33/h2-27H,28H2,1H3. The maximum absolute atomic E-state index is 6.51. The SMILES string of the molecule is CN1C=CN(c2cc(Oc3cccc(-c4cc(-c5cccc(Oc6ccccc6)c5)ccn4)c3)cc(Sc3ccccc3)c2)C1. The van der Waals surface area contributed by atoms with Crippen LogP contribution in [-0.4, -0.2) is 23.6 Å². The minimum absolute atomic E-state index is 0.750. The molecule has 5 nitrogen and oxygen atoms in total. The molecule has 0 saturated heterocycles. The number of ether oxygens (including phenoxy) is 2. The molecule has 220 valence electrons. The van der Waals surface area contributed by atoms with Crippen molar-refractivity contribution in [2.45, 2.75) is 9.79 Å². The van der Waals surface area contributed by atoms with E-state index >= 15 is 0 Å². The molecule has 1 aliphatic heterocycles. The zero-order chi connectivity index (χ0) is 30.4. The Balaban J connectivity index is 1.14. The summed E-state index contributed by atoms with van der Waals surface area (Å²) in [5.41, 5.74) is 5.04. The van der Waals surface area contributed by atoms with E-state index in [0.29, 0.717) is 0 Å². The molecular weight excluding hydrogens is 575 g/mol. The van der Waals surface area contributed by atoms with Crippen LogP contribution in [0.2, 0.25) is 0 Å². The molecule has 1 aromatic heterocycles. The Morgan fingerprint density at radius 3 is 1.98 bits per heavy atom. The van der Waals surface area contributed by atoms with Gasteiger partial charge in [0.2, 0.25) is 0 Å². The van der Waals surface area contributed by atoms with Crippen molar-refractivity contribution >= 4 is 17.4 Å². The summed E-state index contributed by atoms with van der Waals surface area (Å²) in [4.78, 5) is 11.4. The lowest BCUT2D eigenvalue weighted by molar-refractivity contribution is 0.479. The van der Waals surface area contributed by atoms with Crippen LogP contribution in [0.15, 0.2) is 168 Å². The number of rotatable bonds is 9. The molecule has 0 unspecified atom stereocenters. The molecule has 0 bridgehead atoms. The smallest absolute Gasteiger partial charge is 0.130 e. The summed E-state index contributed by atoms with van der Waals surface area (Å²) < 4.78 is 12.6. The van der Waals surface area contributed by atoms with Gasteiger partial charge in [-0.15, -0.1) is 0 Å². The topological polar surface area (TPSA) is 37.8 Å². The largest absolute Gasteiger partial charge is 0.457 e. The molecule has 0 atom stereocenters. The predicted octanol–water partition coefficient (Wildman–Crippen LogP) is 10.3. The van der Waals surface area contributed by atoms with Gasteiger partial charge in [-0.1, -0.05) is 72.4 Å². The first-order valence-electron chi connectivity index (χ1n) is 14.8. The highest BCUT2D eigenvalue weighted by atomic mass is 32.2. The van der Waals surface area contributed by atoms with Gasteiger partial charge in [0.05, 0.1) is 12.4 Å². The van der Waals surface area contributed by atoms with E-state index in [2.05, 4.69) is 96.0 Å². The molecule has 0 spiro atoms. The number of pyridine rings is 1. The summed E-state index contributed by atoms with van der Waals surface area (Å²) in [5, 5.41) is 0. The Morgan fingerprint density at radius 1 is 0.556 bits per heavy atom. The van der Waals surface area contributed by atoms with Gasteiger partial charge in [0.1, 0.15) is 23.0 Å². The van der Waals surface area contributed by atoms with E-state index in [4.69, 9.17) is 14.5 Å². The Morgan fingerprint density at radius 2 is 1.22 bits per heavy atom. The summed E-state index contributed by atoms with van der Waals surface area (Å²) in [6, 6.07) is 47.0. The van der Waals surface area contributed by atoms with E-state index < -0.39 is 0 Å². The molecule has 7 rings (SSSR count). The Labute approximate surface area is 268 Å². The molecular formula is C39H31N3O2S. The van der Waals surface area contributed by atoms with E-state index in [-0.39, 0.29) is 0 Å². The zero-order valence-electron chi connectivity index (χ0n) is 24.8. The van der Waals surface area contributed by atoms with Crippen LogP contribution in [0, 0.1) is 0 Å². The van der Waals surface area contributed by atoms with Gasteiger partial charge in [-0.05, 0) is 83.9 Å². The van der Waals surface area contributed by atoms with Crippen molar-refractivity contribution in [3.8, 4) is 45.4 Å². The molecule has 0 radical (unpaired) electrons. The molecule has 0 aliphatic carbocycles. The van der Waals surface area contributed by atoms with Crippen molar-refractivity contribution in [3.63, 3.8) is 0 Å². The maximum Gasteiger partial charge on any atom is 0.130 e. The average molecular weight is 606 g/mol. The van der Waals surface area contributed by atoms with Crippen LogP contribution in [0.25, 0.3) is 22.4 Å². The van der Waals surface area contributed by atoms with Gasteiger partial charge in [0, 0.05) is 52.8 Å². The van der Waals surface area contributed by atoms with Crippen LogP contribution in [0.4, 0.5) is 5.69 Å². The molecule has 0 N–H and O–H groups in total. The third kappa shape index (κ3) is 7.03. The van der Waals surface area contributed by atoms with Crippen LogP contribution in [0.5, 0.6) is 23.0 Å². The predicted molar refractivity (Wildman–Crippen MR) is 183 cm³/mol. The lowest BCUT2D eigenvalue weighted by Gasteiger charge is -2.20. The summed E-state index contributed by atoms with van der Waals surface area (Å²) >= 11 is 1.72. The van der Waals surface area contributed by atoms with Gasteiger partial charge in [0.25, 0.3) is 0 Å². The summed E-state index contributed by atoms with van der Waals surface area (Å²) in [6.07, 6.45) is 6.02. The summed E-state index contributed by atoms with van der Waals surface area (Å²) in [5.74, 6) is 3.13. The van der Waals surface area contributed by atoms with E-state index in [1.54, 1.807) is 11.8 Å². The van der Waals surface area contributed by atoms with Gasteiger partial charge < -0.3 is 19.3 Å². The molecule has 2 heterocycles. The maximum atomic E-state index is 6.51. The third-order valence-electron chi connectivity index (χ3n) is 7.32. The van der Waals surface area contributed by atoms with Crippen LogP contribution in [0.1, 0.15) is 0 Å². The number of benzene rings is 5. The Kier molecular flexibility index (Phi) is 8.21. The van der Waals surface area contributed by atoms with Crippen LogP contribution in [-0.2, 0) is 0 Å². The highest BCUT2D eigenvalue weighted by molar-refractivity contribution is 7.99. The first-order valence-corrected chi connectivity index (χ1v) is 15.6. The molecule has 45 heavy (non-hydrogen) atoms. The number of hydrogen-bond donors (Lipinski definition) is 0. The first-order chi connectivity index (χ1) is 22.1. The fraction of sp³-hybridized carbons (Fsp3) is 0.0513. The highest BCUT2D eigenvalue weighted by Crippen LogP contribution is 2.37. The van der Waals surface area contributed by atoms with Crippen molar-refractivity contribution < 1.29 is 9.47 Å². The van der Waals surface area contributed by atoms with E-state index in [1.807, 2.05) is 79.0 Å². The Hall–Kier alpha value is -5.46. The van der Waals surface area contributed by atoms with Crippen LogP contribution < -0.4 is 14.4 Å². The molecule has 0 fully saturated rings. The zero-order valence-corrected chi connectivity index (χ0v) is 25.6. The molecule has 6 aromatic rings. The summed E-state index contributed by atoms with van der Waals surface area (Å²) in [7, 11) is 2.07. The van der Waals surface area contributed by atoms with Gasteiger partial charge in [-0.25, -0.2) is 0 Å². The fourth-order valence-electron chi connectivity index (χ4n) is 5.15. The molecule has 1 aliphatic rings. The molecule has 0 amide bonds. The minimum atomic E-state index is 0.750. The summed E-state index contributed by atoms with van der Waals surface area (Å²) in [6.45, 7) is 0.789. The fourth-order valence-corrected chi connectivity index (χ4v) is 6.07. The number of para-hydroxylation sites is 1. The van der Waals surface area contributed by atoms with E-state index in [0.717, 1.165) is 62.6 Å². The number of aromatic nitrogens is 1. The van der Waals surface area contributed by atoms with E-state index in [9.17, 15) is 0 Å². The van der Waals surface area contributed by atoms with Crippen LogP contribution >= 0.6 is 11.8 Å². The van der Waals surface area contributed by atoms with Crippen LogP contribution in [0.3, 0.4) is 0 Å². The Bertz CT molecular complexity index is 1950. The molecule has 5 aromatic carbocycles. The van der Waals surface area contributed by atoms with E-state index in [1.165, 1.54) is 4.90 Å². The number of nitrogens with zero attached hydrogens (tertiary/aromatic N) is 3. The van der Waals surface area contributed by atoms with Crippen molar-refractivity contribution in [3.05, 3.63) is 158 Å². The lowest BCUT2D eigenvalue weighted by Crippen LogP contribution is -2.21. The van der Waals surface area contributed by atoms with Gasteiger partial charge in [0.15, 0.2) is 0 Å². The second-order valence-corrected chi connectivity index (χ2v) is 11.9. The molecule has 0 saturated carbocycles. The first kappa shape index (κ1) is 28.3. The quantitative estimate of drug-likeness (QED) is 0.163. The highest BCUT2D eigenvalue weighted by Gasteiger charge is 2.15. The van der Waals surface area contributed by atoms with Crippen molar-refractivity contribution in [2.75, 3.05) is 18.6 Å². The van der Waals surface area contributed by atoms with Gasteiger partial charge in [-0.2, -0.15) is 0 Å². The minimum Gasteiger partial charge on any atom is -0.457 e. The second-order valence-electron chi connectivity index (χ2n) is 10.7. The number of anilines is 1. The number of hydrogen-bond acceptors (Lipinski definition) is 6. The van der Waals surface area contributed by atoms with Crippen molar-refractivity contribution in [1.82, 2.24) is 9.88 Å². The lowest BCUT2D eigenvalue weighted by atomic mass is 10.0.